The Kier molecular flexibility index (Phi) is 7.01. The van der Waals surface area contributed by atoms with Crippen molar-refractivity contribution in [2.45, 2.75) is 24.6 Å². The summed E-state index contributed by atoms with van der Waals surface area (Å²) < 4.78 is 36.5. The summed E-state index contributed by atoms with van der Waals surface area (Å²) in [6.07, 6.45) is -3.71. The van der Waals surface area contributed by atoms with Crippen molar-refractivity contribution in [3.8, 4) is 0 Å². The van der Waals surface area contributed by atoms with E-state index in [-0.39, 0.29) is 5.97 Å². The van der Waals surface area contributed by atoms with Crippen molar-refractivity contribution in [2.24, 2.45) is 0 Å². The number of methoxy groups -OCH3 is 1. The van der Waals surface area contributed by atoms with Gasteiger partial charge < -0.3 is 15.2 Å². The van der Waals surface area contributed by atoms with Gasteiger partial charge in [0.25, 0.3) is 0 Å². The average molecular weight is 318 g/mol. The van der Waals surface area contributed by atoms with Gasteiger partial charge in [0, 0.05) is 5.88 Å². The van der Waals surface area contributed by atoms with Gasteiger partial charge in [-0.25, -0.2) is 4.79 Å². The molecule has 0 amide bonds. The number of rotatable bonds is 4. The van der Waals surface area contributed by atoms with Gasteiger partial charge in [-0.1, -0.05) is 12.2 Å². The second-order valence-corrected chi connectivity index (χ2v) is 4.38. The average Bonchev–Trinajstić information content (AvgIpc) is 2.32. The van der Waals surface area contributed by atoms with E-state index in [2.05, 4.69) is 11.9 Å². The molecular weight excluding hydrogens is 303 g/mol. The predicted octanol–water partition coefficient (Wildman–Crippen LogP) is 1.71. The first-order valence-corrected chi connectivity index (χ1v) is 5.98. The summed E-state index contributed by atoms with van der Waals surface area (Å²) in [6, 6.07) is 0. The summed E-state index contributed by atoms with van der Waals surface area (Å²) in [4.78, 5) is 20.3. The highest BCUT2D eigenvalue weighted by Gasteiger charge is 2.45. The second kappa shape index (κ2) is 7.49. The molecule has 0 aromatic carbocycles. The van der Waals surface area contributed by atoms with Crippen LogP contribution in [0.2, 0.25) is 0 Å². The number of nitrogens with one attached hydrogen (secondary N) is 1. The Bertz CT molecular complexity index is 380. The molecule has 1 aliphatic rings. The molecule has 1 fully saturated rings. The molecule has 116 valence electrons. The summed E-state index contributed by atoms with van der Waals surface area (Å²) in [6.45, 7) is 4.63. The number of alkyl halides is 4. The normalized spacial score (nSPS) is 21.1. The van der Waals surface area contributed by atoms with E-state index in [9.17, 15) is 18.0 Å². The number of aliphatic carboxylic acids is 1. The minimum absolute atomic E-state index is 0.218. The van der Waals surface area contributed by atoms with E-state index in [1.165, 1.54) is 7.11 Å². The second-order valence-electron chi connectivity index (χ2n) is 4.11. The SMILES string of the molecule is C=C(CCl)CC1(C(=O)OC)CCN1.O=C(O)C(F)(F)F. The Morgan fingerprint density at radius 2 is 1.95 bits per heavy atom. The number of carbonyl (C=O) groups excluding carboxylic acids is 1. The van der Waals surface area contributed by atoms with Gasteiger partial charge in [0.15, 0.2) is 0 Å². The molecule has 1 aliphatic heterocycles. The topological polar surface area (TPSA) is 75.6 Å². The minimum atomic E-state index is -5.08. The largest absolute Gasteiger partial charge is 0.490 e. The zero-order chi connectivity index (χ0) is 16.0. The van der Waals surface area contributed by atoms with E-state index < -0.39 is 17.7 Å². The molecular formula is C11H15ClF3NO4. The monoisotopic (exact) mass is 317 g/mol. The Hall–Kier alpha value is -1.28. The Morgan fingerprint density at radius 1 is 1.50 bits per heavy atom. The lowest BCUT2D eigenvalue weighted by Gasteiger charge is -2.40. The summed E-state index contributed by atoms with van der Waals surface area (Å²) in [5.41, 5.74) is 0.319. The van der Waals surface area contributed by atoms with Crippen LogP contribution in [0.15, 0.2) is 12.2 Å². The van der Waals surface area contributed by atoms with Gasteiger partial charge in [0.2, 0.25) is 0 Å². The van der Waals surface area contributed by atoms with Gasteiger partial charge in [0.1, 0.15) is 5.54 Å². The van der Waals surface area contributed by atoms with Gasteiger partial charge in [-0.15, -0.1) is 11.6 Å². The minimum Gasteiger partial charge on any atom is -0.475 e. The van der Waals surface area contributed by atoms with Crippen LogP contribution >= 0.6 is 11.6 Å². The molecule has 1 atom stereocenters. The number of carbonyl (C=O) groups is 2. The lowest BCUT2D eigenvalue weighted by molar-refractivity contribution is -0.192. The fourth-order valence-corrected chi connectivity index (χ4v) is 1.59. The van der Waals surface area contributed by atoms with Gasteiger partial charge in [0.05, 0.1) is 7.11 Å². The van der Waals surface area contributed by atoms with E-state index >= 15 is 0 Å². The number of hydrogen-bond acceptors (Lipinski definition) is 4. The number of ether oxygens (including phenoxy) is 1. The maximum atomic E-state index is 11.4. The van der Waals surface area contributed by atoms with Crippen LogP contribution in [0, 0.1) is 0 Å². The molecule has 1 saturated heterocycles. The van der Waals surface area contributed by atoms with Crippen LogP contribution in [-0.2, 0) is 14.3 Å². The molecule has 20 heavy (non-hydrogen) atoms. The fraction of sp³-hybridized carbons (Fsp3) is 0.636. The summed E-state index contributed by atoms with van der Waals surface area (Å²) in [7, 11) is 1.40. The van der Waals surface area contributed by atoms with E-state index in [0.29, 0.717) is 12.3 Å². The number of hydrogen-bond donors (Lipinski definition) is 2. The van der Waals surface area contributed by atoms with Gasteiger partial charge in [-0.2, -0.15) is 13.2 Å². The van der Waals surface area contributed by atoms with Crippen LogP contribution in [0.3, 0.4) is 0 Å². The van der Waals surface area contributed by atoms with Crippen molar-refractivity contribution < 1.29 is 32.6 Å². The van der Waals surface area contributed by atoms with Crippen LogP contribution < -0.4 is 5.32 Å². The lowest BCUT2D eigenvalue weighted by atomic mass is 9.82. The van der Waals surface area contributed by atoms with E-state index in [1.807, 2.05) is 0 Å². The van der Waals surface area contributed by atoms with E-state index in [1.54, 1.807) is 0 Å². The number of carboxylic acid groups (broad SMARTS) is 1. The van der Waals surface area contributed by atoms with Crippen molar-refractivity contribution >= 4 is 23.5 Å². The van der Waals surface area contributed by atoms with E-state index in [4.69, 9.17) is 26.2 Å². The molecule has 0 bridgehead atoms. The van der Waals surface area contributed by atoms with E-state index in [0.717, 1.165) is 18.5 Å². The molecule has 0 aliphatic carbocycles. The summed E-state index contributed by atoms with van der Waals surface area (Å²) in [5, 5.41) is 10.2. The van der Waals surface area contributed by atoms with Gasteiger partial charge in [-0.05, 0) is 19.4 Å². The maximum absolute atomic E-state index is 11.4. The number of halogens is 4. The van der Waals surface area contributed by atoms with Gasteiger partial charge in [-0.3, -0.25) is 4.79 Å². The zero-order valence-electron chi connectivity index (χ0n) is 10.7. The molecule has 0 aromatic rings. The van der Waals surface area contributed by atoms with Crippen LogP contribution in [-0.4, -0.2) is 48.3 Å². The highest BCUT2D eigenvalue weighted by atomic mass is 35.5. The van der Waals surface area contributed by atoms with Crippen LogP contribution in [0.1, 0.15) is 12.8 Å². The van der Waals surface area contributed by atoms with Crippen molar-refractivity contribution in [1.29, 1.82) is 0 Å². The molecule has 2 N–H and O–H groups in total. The van der Waals surface area contributed by atoms with Crippen molar-refractivity contribution in [3.63, 3.8) is 0 Å². The Morgan fingerprint density at radius 3 is 2.15 bits per heavy atom. The first-order valence-electron chi connectivity index (χ1n) is 5.45. The molecule has 5 nitrogen and oxygen atoms in total. The van der Waals surface area contributed by atoms with Gasteiger partial charge >= 0.3 is 18.1 Å². The highest BCUT2D eigenvalue weighted by molar-refractivity contribution is 6.19. The summed E-state index contributed by atoms with van der Waals surface area (Å²) >= 11 is 5.61. The predicted molar refractivity (Wildman–Crippen MR) is 65.5 cm³/mol. The first-order chi connectivity index (χ1) is 9.09. The number of esters is 1. The maximum Gasteiger partial charge on any atom is 0.490 e. The van der Waals surface area contributed by atoms with Crippen molar-refractivity contribution in [1.82, 2.24) is 5.32 Å². The summed E-state index contributed by atoms with van der Waals surface area (Å²) in [5.74, 6) is -2.59. The highest BCUT2D eigenvalue weighted by Crippen LogP contribution is 2.28. The third kappa shape index (κ3) is 5.38. The molecule has 1 heterocycles. The van der Waals surface area contributed by atoms with Crippen LogP contribution in [0.4, 0.5) is 13.2 Å². The van der Waals surface area contributed by atoms with Crippen molar-refractivity contribution in [3.05, 3.63) is 12.2 Å². The first kappa shape index (κ1) is 18.7. The standard InChI is InChI=1S/C9H14ClNO2.C2HF3O2/c1-7(6-10)5-9(3-4-11-9)8(12)13-2;3-2(4,5)1(6)7/h11H,1,3-6H2,2H3;(H,6,7). The smallest absolute Gasteiger partial charge is 0.475 e. The Balaban J connectivity index is 0.000000441. The molecule has 1 unspecified atom stereocenters. The molecule has 0 radical (unpaired) electrons. The third-order valence-corrected chi connectivity index (χ3v) is 2.95. The van der Waals surface area contributed by atoms with Crippen LogP contribution in [0.25, 0.3) is 0 Å². The quantitative estimate of drug-likeness (QED) is 0.469. The lowest BCUT2D eigenvalue weighted by Crippen LogP contribution is -2.62. The molecule has 0 spiro atoms. The molecule has 0 saturated carbocycles. The molecule has 0 aromatic heterocycles. The number of carboxylic acids is 1. The Labute approximate surface area is 118 Å². The third-order valence-electron chi connectivity index (χ3n) is 2.57. The molecule has 9 heteroatoms. The fourth-order valence-electron chi connectivity index (χ4n) is 1.49. The molecule has 1 rings (SSSR count). The van der Waals surface area contributed by atoms with Crippen molar-refractivity contribution in [2.75, 3.05) is 19.5 Å². The van der Waals surface area contributed by atoms with Crippen LogP contribution in [0.5, 0.6) is 0 Å². The zero-order valence-corrected chi connectivity index (χ0v) is 11.5.